The third-order valence-electron chi connectivity index (χ3n) is 8.55. The molecule has 1 aliphatic rings. The summed E-state index contributed by atoms with van der Waals surface area (Å²) in [5.74, 6) is -1.25. The van der Waals surface area contributed by atoms with E-state index in [9.17, 15) is 40.7 Å². The molecule has 0 spiro atoms. The number of anilines is 1. The molecule has 1 aliphatic heterocycles. The zero-order chi connectivity index (χ0) is 37.0. The highest BCUT2D eigenvalue weighted by Crippen LogP contribution is 2.30. The molecule has 4 N–H and O–H groups in total. The van der Waals surface area contributed by atoms with Crippen LogP contribution >= 0.6 is 0 Å². The summed E-state index contributed by atoms with van der Waals surface area (Å²) < 4.78 is 84.7. The molecule has 4 aromatic carbocycles. The molecule has 51 heavy (non-hydrogen) atoms. The lowest BCUT2D eigenvalue weighted by Crippen LogP contribution is -2.56. The Balaban J connectivity index is 1.41. The minimum Gasteiger partial charge on any atom is -0.508 e. The summed E-state index contributed by atoms with van der Waals surface area (Å²) in [5, 5.41) is 12.5. The smallest absolute Gasteiger partial charge is 0.496 e. The van der Waals surface area contributed by atoms with Gasteiger partial charge >= 0.3 is 22.3 Å². The highest BCUT2D eigenvalue weighted by molar-refractivity contribution is 7.87. The van der Waals surface area contributed by atoms with E-state index in [1.807, 2.05) is 7.05 Å². The first-order valence-corrected chi connectivity index (χ1v) is 17.2. The van der Waals surface area contributed by atoms with Crippen LogP contribution in [0.25, 0.3) is 0 Å². The van der Waals surface area contributed by atoms with Crippen molar-refractivity contribution in [3.63, 3.8) is 0 Å². The first-order valence-electron chi connectivity index (χ1n) is 15.8. The lowest BCUT2D eigenvalue weighted by molar-refractivity contribution is -0.918. The average Bonchev–Trinajstić information content (AvgIpc) is 3.07. The van der Waals surface area contributed by atoms with Crippen LogP contribution < -0.4 is 15.2 Å². The third kappa shape index (κ3) is 9.49. The number of likely N-dealkylation sites (tertiary alicyclic amines) is 1. The molecule has 15 heteroatoms. The molecular formula is C36H36F4N4O6S+2. The number of nitrogens with two attached hydrogens (primary N) is 1. The molecule has 268 valence electrons. The van der Waals surface area contributed by atoms with Crippen molar-refractivity contribution >= 4 is 33.5 Å². The number of alkyl halides is 3. The van der Waals surface area contributed by atoms with Gasteiger partial charge in [-0.25, -0.2) is 9.71 Å². The summed E-state index contributed by atoms with van der Waals surface area (Å²) in [7, 11) is -2.47. The van der Waals surface area contributed by atoms with Crippen LogP contribution in [0.1, 0.15) is 29.5 Å². The maximum atomic E-state index is 14.1. The Bertz CT molecular complexity index is 2020. The number of rotatable bonds is 10. The average molecular weight is 729 g/mol. The molecule has 1 heterocycles. The first-order chi connectivity index (χ1) is 24.0. The van der Waals surface area contributed by atoms with E-state index in [1.165, 1.54) is 53.1 Å². The van der Waals surface area contributed by atoms with E-state index in [-0.39, 0.29) is 29.4 Å². The topological polar surface area (TPSA) is 139 Å². The molecule has 3 amide bonds. The molecule has 4 aromatic rings. The minimum absolute atomic E-state index is 0.0269. The predicted molar refractivity (Wildman–Crippen MR) is 180 cm³/mol. The Morgan fingerprint density at radius 3 is 2.14 bits per heavy atom. The van der Waals surface area contributed by atoms with Crippen molar-refractivity contribution in [2.75, 3.05) is 25.5 Å². The number of piperidine rings is 1. The van der Waals surface area contributed by atoms with Gasteiger partial charge in [-0.1, -0.05) is 24.3 Å². The zero-order valence-corrected chi connectivity index (χ0v) is 28.3. The second-order valence-corrected chi connectivity index (χ2v) is 14.2. The Morgan fingerprint density at radius 2 is 1.55 bits per heavy atom. The number of carbonyl (C=O) groups is 2. The van der Waals surface area contributed by atoms with Crippen LogP contribution in [-0.4, -0.2) is 66.4 Å². The van der Waals surface area contributed by atoms with Gasteiger partial charge in [-0.2, -0.15) is 31.0 Å². The fourth-order valence-electron chi connectivity index (χ4n) is 6.07. The largest absolute Gasteiger partial charge is 0.508 e. The fraction of sp³-hybridized carbons (Fsp3) is 0.250. The molecule has 0 saturated carbocycles. The SMILES string of the molecule is C[N+]1(Cc2ccc(F)cc2)CCC/C(=[N+](/C(=O)Nc2ccc(OS(=O)(=O)c3ccc(C(F)(F)F)cc3)cc2)[C@@H](Cc2ccc(O)cc2)C(N)=O)C1. The summed E-state index contributed by atoms with van der Waals surface area (Å²) in [6.45, 7) is 1.67. The zero-order valence-electron chi connectivity index (χ0n) is 27.4. The standard InChI is InChI=1S/C36H34F4N4O6S/c1-44(22-25-4-10-27(37)11-5-25)20-2-3-29(23-44)43(33(34(41)46)21-24-6-14-30(45)15-7-24)35(47)42-28-12-16-31(17-13-28)50-51(48,49)32-18-8-26(9-19-32)36(38,39)40/h4-19,33H,2-3,20-23H2,1H3,(H2-2,41,42,45,46,47)/p+2/b43-29-/t33-,44?/m0/s1. The molecule has 0 aliphatic carbocycles. The van der Waals surface area contributed by atoms with E-state index in [1.54, 1.807) is 24.3 Å². The van der Waals surface area contributed by atoms with Gasteiger partial charge in [0.05, 0.1) is 19.2 Å². The Labute approximate surface area is 292 Å². The van der Waals surface area contributed by atoms with Gasteiger partial charge in [0.2, 0.25) is 0 Å². The Kier molecular flexibility index (Phi) is 10.8. The number of urea groups is 1. The number of benzene rings is 4. The third-order valence-corrected chi connectivity index (χ3v) is 9.81. The highest BCUT2D eigenvalue weighted by atomic mass is 32.2. The Hall–Kier alpha value is -5.28. The van der Waals surface area contributed by atoms with Crippen molar-refractivity contribution in [3.8, 4) is 11.5 Å². The second-order valence-electron chi connectivity index (χ2n) is 12.6. The quantitative estimate of drug-likeness (QED) is 0.0812. The molecule has 1 unspecified atom stereocenters. The number of quaternary nitrogens is 1. The number of primary amides is 1. The summed E-state index contributed by atoms with van der Waals surface area (Å²) in [4.78, 5) is 26.6. The summed E-state index contributed by atoms with van der Waals surface area (Å²) in [6, 6.07) is 18.7. The van der Waals surface area contributed by atoms with Gasteiger partial charge in [-0.05, 0) is 78.4 Å². The van der Waals surface area contributed by atoms with Gasteiger partial charge in [-0.15, -0.1) is 0 Å². The number of carbonyl (C=O) groups excluding carboxylic acids is 2. The number of amides is 3. The van der Waals surface area contributed by atoms with Gasteiger partial charge in [0.15, 0.2) is 6.04 Å². The number of aromatic hydroxyl groups is 1. The van der Waals surface area contributed by atoms with E-state index in [2.05, 4.69) is 5.32 Å². The van der Waals surface area contributed by atoms with Crippen LogP contribution in [0.2, 0.25) is 0 Å². The molecule has 5 rings (SSSR count). The van der Waals surface area contributed by atoms with Gasteiger partial charge in [0.25, 0.3) is 5.91 Å². The molecule has 0 aromatic heterocycles. The highest BCUT2D eigenvalue weighted by Gasteiger charge is 2.39. The van der Waals surface area contributed by atoms with Gasteiger partial charge in [0, 0.05) is 24.8 Å². The molecule has 1 fully saturated rings. The number of hydrogen-bond acceptors (Lipinski definition) is 6. The minimum atomic E-state index is -4.64. The van der Waals surface area contributed by atoms with Crippen LogP contribution in [0.15, 0.2) is 102 Å². The molecule has 10 nitrogen and oxygen atoms in total. The van der Waals surface area contributed by atoms with E-state index >= 15 is 0 Å². The number of phenols is 1. The van der Waals surface area contributed by atoms with Crippen molar-refractivity contribution in [1.29, 1.82) is 0 Å². The van der Waals surface area contributed by atoms with Crippen molar-refractivity contribution in [2.45, 2.75) is 42.9 Å². The van der Waals surface area contributed by atoms with E-state index in [0.29, 0.717) is 53.8 Å². The summed E-state index contributed by atoms with van der Waals surface area (Å²) in [5.41, 5.74) is 7.32. The lowest BCUT2D eigenvalue weighted by Gasteiger charge is -2.38. The van der Waals surface area contributed by atoms with Crippen LogP contribution in [0.4, 0.5) is 28.0 Å². The summed E-state index contributed by atoms with van der Waals surface area (Å²) in [6.07, 6.45) is -3.43. The van der Waals surface area contributed by atoms with Crippen LogP contribution in [0.5, 0.6) is 11.5 Å². The van der Waals surface area contributed by atoms with Crippen molar-refractivity contribution in [1.82, 2.24) is 0 Å². The van der Waals surface area contributed by atoms with Crippen LogP contribution in [0.3, 0.4) is 0 Å². The monoisotopic (exact) mass is 728 g/mol. The van der Waals surface area contributed by atoms with Gasteiger partial charge in [0.1, 0.15) is 46.7 Å². The maximum Gasteiger partial charge on any atom is 0.496 e. The van der Waals surface area contributed by atoms with Gasteiger partial charge < -0.3 is 19.5 Å². The first kappa shape index (κ1) is 37.0. The molecular weight excluding hydrogens is 692 g/mol. The predicted octanol–water partition coefficient (Wildman–Crippen LogP) is 5.84. The fourth-order valence-corrected chi connectivity index (χ4v) is 7.00. The lowest BCUT2D eigenvalue weighted by atomic mass is 10.0. The number of halogens is 4. The Morgan fingerprint density at radius 1 is 0.941 bits per heavy atom. The molecule has 0 bridgehead atoms. The van der Waals surface area contributed by atoms with Crippen LogP contribution in [-0.2, 0) is 34.1 Å². The normalized spacial score (nSPS) is 18.1. The number of phenolic OH excluding ortho intramolecular Hbond substituents is 1. The van der Waals surface area contributed by atoms with E-state index < -0.39 is 44.7 Å². The van der Waals surface area contributed by atoms with E-state index in [0.717, 1.165) is 24.2 Å². The number of nitrogens with zero attached hydrogens (tertiary/aromatic N) is 2. The second kappa shape index (κ2) is 14.9. The molecule has 1 saturated heterocycles. The number of nitrogens with one attached hydrogen (secondary N) is 1. The van der Waals surface area contributed by atoms with E-state index in [4.69, 9.17) is 9.92 Å². The maximum absolute atomic E-state index is 14.1. The van der Waals surface area contributed by atoms with Crippen molar-refractivity contribution in [2.24, 2.45) is 5.73 Å². The molecule has 2 atom stereocenters. The van der Waals surface area contributed by atoms with Gasteiger partial charge in [-0.3, -0.25) is 4.79 Å². The van der Waals surface area contributed by atoms with Crippen molar-refractivity contribution in [3.05, 3.63) is 120 Å². The molecule has 0 radical (unpaired) electrons. The summed E-state index contributed by atoms with van der Waals surface area (Å²) >= 11 is 0. The number of hydrogen-bond donors (Lipinski definition) is 3. The van der Waals surface area contributed by atoms with Crippen LogP contribution in [0, 0.1) is 5.82 Å². The van der Waals surface area contributed by atoms with Crippen molar-refractivity contribution < 1.29 is 53.9 Å².